The van der Waals surface area contributed by atoms with Crippen molar-refractivity contribution >= 4 is 16.7 Å². The Morgan fingerprint density at radius 1 is 0.880 bits per heavy atom. The Kier molecular flexibility index (Phi) is 4.79. The fourth-order valence-electron chi connectivity index (χ4n) is 3.25. The van der Waals surface area contributed by atoms with Crippen molar-refractivity contribution in [3.8, 4) is 0 Å². The Morgan fingerprint density at radius 3 is 2.48 bits per heavy atom. The van der Waals surface area contributed by atoms with E-state index >= 15 is 0 Å². The van der Waals surface area contributed by atoms with Crippen LogP contribution in [0.3, 0.4) is 0 Å². The summed E-state index contributed by atoms with van der Waals surface area (Å²) in [5.41, 5.74) is 3.10. The zero-order valence-electron chi connectivity index (χ0n) is 14.3. The lowest BCUT2D eigenvalue weighted by molar-refractivity contribution is 0.0785. The Hall–Kier alpha value is -2.60. The van der Waals surface area contributed by atoms with E-state index in [9.17, 15) is 0 Å². The van der Waals surface area contributed by atoms with Crippen molar-refractivity contribution in [3.05, 3.63) is 54.6 Å². The molecule has 1 saturated heterocycles. The smallest absolute Gasteiger partial charge is 0.130 e. The fraction of sp³-hybridized carbons (Fsp3) is 0.368. The SMILES string of the molecule is c1ccc(N2CCN(CCCOn3nnc4ccccc43)CC2)cc1. The van der Waals surface area contributed by atoms with Gasteiger partial charge in [0.25, 0.3) is 0 Å². The molecular formula is C19H23N5O. The first-order valence-electron chi connectivity index (χ1n) is 8.86. The number of fused-ring (bicyclic) bond motifs is 1. The predicted octanol–water partition coefficient (Wildman–Crippen LogP) is 2.07. The number of benzene rings is 2. The molecule has 0 saturated carbocycles. The summed E-state index contributed by atoms with van der Waals surface area (Å²) in [5.74, 6) is 0. The van der Waals surface area contributed by atoms with Crippen molar-refractivity contribution in [2.75, 3.05) is 44.2 Å². The molecule has 1 fully saturated rings. The van der Waals surface area contributed by atoms with Crippen LogP contribution >= 0.6 is 0 Å². The number of piperazine rings is 1. The number of aromatic nitrogens is 3. The summed E-state index contributed by atoms with van der Waals surface area (Å²) in [6.07, 6.45) is 0.986. The molecule has 0 unspecified atom stereocenters. The normalized spacial score (nSPS) is 15.6. The summed E-state index contributed by atoms with van der Waals surface area (Å²) in [7, 11) is 0. The van der Waals surface area contributed by atoms with E-state index < -0.39 is 0 Å². The highest BCUT2D eigenvalue weighted by Crippen LogP contribution is 2.15. The molecule has 4 rings (SSSR count). The quantitative estimate of drug-likeness (QED) is 0.645. The summed E-state index contributed by atoms with van der Waals surface area (Å²) >= 11 is 0. The van der Waals surface area contributed by atoms with Gasteiger partial charge in [0.15, 0.2) is 0 Å². The summed E-state index contributed by atoms with van der Waals surface area (Å²) < 4.78 is 0. The van der Waals surface area contributed by atoms with Gasteiger partial charge in [-0.15, -0.1) is 5.10 Å². The highest BCUT2D eigenvalue weighted by Gasteiger charge is 2.16. The standard InChI is InChI=1S/C19H23N5O/c1-2-7-17(8-3-1)23-14-12-22(13-15-23)11-6-16-25-24-19-10-5-4-9-18(19)20-21-24/h1-5,7-10H,6,11-16H2. The van der Waals surface area contributed by atoms with Crippen LogP contribution in [0.25, 0.3) is 11.0 Å². The third kappa shape index (κ3) is 3.74. The van der Waals surface area contributed by atoms with Crippen molar-refractivity contribution in [2.45, 2.75) is 6.42 Å². The van der Waals surface area contributed by atoms with Crippen molar-refractivity contribution in [3.63, 3.8) is 0 Å². The van der Waals surface area contributed by atoms with Crippen LogP contribution in [0.5, 0.6) is 0 Å². The second-order valence-corrected chi connectivity index (χ2v) is 6.30. The van der Waals surface area contributed by atoms with E-state index in [2.05, 4.69) is 50.4 Å². The number of para-hydroxylation sites is 2. The van der Waals surface area contributed by atoms with Gasteiger partial charge in [0.1, 0.15) is 17.6 Å². The van der Waals surface area contributed by atoms with Gasteiger partial charge in [-0.3, -0.25) is 4.90 Å². The number of hydrogen-bond donors (Lipinski definition) is 0. The second kappa shape index (κ2) is 7.53. The monoisotopic (exact) mass is 337 g/mol. The first-order valence-corrected chi connectivity index (χ1v) is 8.86. The molecule has 130 valence electrons. The molecule has 3 aromatic rings. The number of anilines is 1. The van der Waals surface area contributed by atoms with E-state index in [1.807, 2.05) is 24.3 Å². The van der Waals surface area contributed by atoms with E-state index in [1.54, 1.807) is 0 Å². The molecule has 0 aliphatic carbocycles. The highest BCUT2D eigenvalue weighted by molar-refractivity contribution is 5.73. The Labute approximate surface area is 147 Å². The minimum absolute atomic E-state index is 0.645. The molecule has 1 aliphatic heterocycles. The van der Waals surface area contributed by atoms with E-state index in [4.69, 9.17) is 4.84 Å². The largest absolute Gasteiger partial charge is 0.395 e. The first kappa shape index (κ1) is 15.9. The van der Waals surface area contributed by atoms with Crippen molar-refractivity contribution in [1.29, 1.82) is 0 Å². The van der Waals surface area contributed by atoms with E-state index in [1.165, 1.54) is 10.5 Å². The summed E-state index contributed by atoms with van der Waals surface area (Å²) in [5, 5.41) is 8.14. The van der Waals surface area contributed by atoms with Crippen LogP contribution in [0.1, 0.15) is 6.42 Å². The molecular weight excluding hydrogens is 314 g/mol. The lowest BCUT2D eigenvalue weighted by Gasteiger charge is -2.36. The van der Waals surface area contributed by atoms with E-state index in [-0.39, 0.29) is 0 Å². The Balaban J connectivity index is 1.20. The maximum Gasteiger partial charge on any atom is 0.130 e. The molecule has 0 atom stereocenters. The van der Waals surface area contributed by atoms with Crippen molar-refractivity contribution < 1.29 is 4.84 Å². The van der Waals surface area contributed by atoms with Crippen molar-refractivity contribution in [1.82, 2.24) is 20.1 Å². The fourth-order valence-corrected chi connectivity index (χ4v) is 3.25. The van der Waals surface area contributed by atoms with Crippen LogP contribution in [-0.4, -0.2) is 59.4 Å². The molecule has 6 nitrogen and oxygen atoms in total. The molecule has 0 amide bonds. The molecule has 6 heteroatoms. The highest BCUT2D eigenvalue weighted by atomic mass is 16.7. The minimum atomic E-state index is 0.645. The third-order valence-electron chi connectivity index (χ3n) is 4.65. The van der Waals surface area contributed by atoms with Gasteiger partial charge >= 0.3 is 0 Å². The second-order valence-electron chi connectivity index (χ2n) is 6.30. The third-order valence-corrected chi connectivity index (χ3v) is 4.65. The van der Waals surface area contributed by atoms with Crippen molar-refractivity contribution in [2.24, 2.45) is 0 Å². The maximum atomic E-state index is 5.75. The molecule has 25 heavy (non-hydrogen) atoms. The van der Waals surface area contributed by atoms with Gasteiger partial charge in [-0.25, -0.2) is 0 Å². The van der Waals surface area contributed by atoms with Gasteiger partial charge in [-0.2, -0.15) is 0 Å². The molecule has 0 N–H and O–H groups in total. The van der Waals surface area contributed by atoms with Crippen LogP contribution in [-0.2, 0) is 0 Å². The van der Waals surface area contributed by atoms with Crippen LogP contribution in [0.2, 0.25) is 0 Å². The topological polar surface area (TPSA) is 46.4 Å². The Bertz CT molecular complexity index is 796. The number of nitrogens with zero attached hydrogens (tertiary/aromatic N) is 5. The minimum Gasteiger partial charge on any atom is -0.395 e. The zero-order valence-corrected chi connectivity index (χ0v) is 14.3. The van der Waals surface area contributed by atoms with Gasteiger partial charge in [0, 0.05) is 38.4 Å². The van der Waals surface area contributed by atoms with Gasteiger partial charge in [-0.1, -0.05) is 35.2 Å². The average molecular weight is 337 g/mol. The van der Waals surface area contributed by atoms with Gasteiger partial charge < -0.3 is 9.74 Å². The number of hydrogen-bond acceptors (Lipinski definition) is 5. The molecule has 2 heterocycles. The van der Waals surface area contributed by atoms with E-state index in [0.717, 1.165) is 50.2 Å². The molecule has 2 aromatic carbocycles. The van der Waals surface area contributed by atoms with Crippen LogP contribution in [0.4, 0.5) is 5.69 Å². The van der Waals surface area contributed by atoms with E-state index in [0.29, 0.717) is 6.61 Å². The summed E-state index contributed by atoms with van der Waals surface area (Å²) in [4.78, 5) is 12.2. The summed E-state index contributed by atoms with van der Waals surface area (Å²) in [6.45, 7) is 6.06. The molecule has 1 aliphatic rings. The van der Waals surface area contributed by atoms with Gasteiger partial charge in [0.2, 0.25) is 0 Å². The molecule has 0 bridgehead atoms. The van der Waals surface area contributed by atoms with Crippen LogP contribution < -0.4 is 9.74 Å². The Morgan fingerprint density at radius 2 is 1.64 bits per heavy atom. The average Bonchev–Trinajstić information content (AvgIpc) is 3.10. The van der Waals surface area contributed by atoms with Crippen LogP contribution in [0.15, 0.2) is 54.6 Å². The predicted molar refractivity (Wildman–Crippen MR) is 98.7 cm³/mol. The summed E-state index contributed by atoms with van der Waals surface area (Å²) in [6, 6.07) is 18.5. The first-order chi connectivity index (χ1) is 12.4. The maximum absolute atomic E-state index is 5.75. The lowest BCUT2D eigenvalue weighted by atomic mass is 10.2. The van der Waals surface area contributed by atoms with Crippen LogP contribution in [0, 0.1) is 0 Å². The molecule has 0 spiro atoms. The lowest BCUT2D eigenvalue weighted by Crippen LogP contribution is -2.46. The molecule has 1 aromatic heterocycles. The van der Waals surface area contributed by atoms with Gasteiger partial charge in [-0.05, 0) is 35.9 Å². The zero-order chi connectivity index (χ0) is 16.9. The number of rotatable bonds is 6. The molecule has 0 radical (unpaired) electrons. The van der Waals surface area contributed by atoms with Gasteiger partial charge in [0.05, 0.1) is 0 Å².